The zero-order valence-corrected chi connectivity index (χ0v) is 14.2. The second kappa shape index (κ2) is 4.93. The summed E-state index contributed by atoms with van der Waals surface area (Å²) in [4.78, 5) is 17.5. The van der Waals surface area contributed by atoms with Gasteiger partial charge in [0.1, 0.15) is 4.88 Å². The Bertz CT molecular complexity index is 948. The number of aryl methyl sites for hydroxylation is 3. The van der Waals surface area contributed by atoms with Crippen LogP contribution in [0, 0.1) is 20.8 Å². The lowest BCUT2D eigenvalue weighted by molar-refractivity contribution is 0.0700. The van der Waals surface area contributed by atoms with Gasteiger partial charge < -0.3 is 5.11 Å². The molecule has 4 rings (SSSR count). The number of aromatic carboxylic acids is 1. The van der Waals surface area contributed by atoms with Crippen LogP contribution in [0.2, 0.25) is 0 Å². The Morgan fingerprint density at radius 1 is 1.26 bits per heavy atom. The lowest BCUT2D eigenvalue weighted by atomic mass is 10.0. The van der Waals surface area contributed by atoms with Crippen LogP contribution in [-0.2, 0) is 0 Å². The number of thiazole rings is 1. The molecule has 1 aromatic carbocycles. The first-order valence-electron chi connectivity index (χ1n) is 7.80. The van der Waals surface area contributed by atoms with Gasteiger partial charge in [-0.15, -0.1) is 0 Å². The molecule has 1 N–H and O–H groups in total. The van der Waals surface area contributed by atoms with E-state index in [-0.39, 0.29) is 0 Å². The molecule has 23 heavy (non-hydrogen) atoms. The average molecular weight is 326 g/mol. The third kappa shape index (κ3) is 2.18. The SMILES string of the molecule is Cc1ccc(-c2nc3sc(C(=O)O)c(C4CC4)n3c2C)cc1C. The van der Waals surface area contributed by atoms with Gasteiger partial charge in [0, 0.05) is 17.2 Å². The van der Waals surface area contributed by atoms with E-state index in [1.807, 2.05) is 6.92 Å². The molecule has 2 heterocycles. The summed E-state index contributed by atoms with van der Waals surface area (Å²) in [5.74, 6) is -0.468. The summed E-state index contributed by atoms with van der Waals surface area (Å²) < 4.78 is 2.07. The lowest BCUT2D eigenvalue weighted by Gasteiger charge is -2.05. The van der Waals surface area contributed by atoms with Gasteiger partial charge in [0.25, 0.3) is 0 Å². The number of fused-ring (bicyclic) bond motifs is 1. The Morgan fingerprint density at radius 2 is 2.00 bits per heavy atom. The van der Waals surface area contributed by atoms with Gasteiger partial charge in [0.05, 0.1) is 11.4 Å². The smallest absolute Gasteiger partial charge is 0.347 e. The number of carboxylic acid groups (broad SMARTS) is 1. The third-order valence-corrected chi connectivity index (χ3v) is 5.73. The van der Waals surface area contributed by atoms with E-state index in [4.69, 9.17) is 4.98 Å². The van der Waals surface area contributed by atoms with Crippen LogP contribution in [0.25, 0.3) is 16.2 Å². The predicted octanol–water partition coefficient (Wildman–Crippen LogP) is 4.56. The molecule has 3 aromatic rings. The minimum Gasteiger partial charge on any atom is -0.477 e. The molecule has 1 fully saturated rings. The number of rotatable bonds is 3. The molecule has 0 saturated heterocycles. The zero-order chi connectivity index (χ0) is 16.3. The number of aromatic nitrogens is 2. The first-order valence-corrected chi connectivity index (χ1v) is 8.61. The Kier molecular flexibility index (Phi) is 3.10. The summed E-state index contributed by atoms with van der Waals surface area (Å²) in [6.07, 6.45) is 2.14. The van der Waals surface area contributed by atoms with Gasteiger partial charge in [-0.2, -0.15) is 0 Å². The number of imidazole rings is 1. The number of benzene rings is 1. The molecule has 0 spiro atoms. The fraction of sp³-hybridized carbons (Fsp3) is 0.333. The summed E-state index contributed by atoms with van der Waals surface area (Å²) in [5, 5.41) is 9.48. The number of nitrogens with zero attached hydrogens (tertiary/aromatic N) is 2. The second-order valence-electron chi connectivity index (χ2n) is 6.36. The highest BCUT2D eigenvalue weighted by Gasteiger charge is 2.34. The average Bonchev–Trinajstić information content (AvgIpc) is 3.19. The molecule has 0 bridgehead atoms. The maximum absolute atomic E-state index is 11.5. The van der Waals surface area contributed by atoms with Gasteiger partial charge in [0.15, 0.2) is 4.96 Å². The van der Waals surface area contributed by atoms with E-state index in [0.717, 1.165) is 40.4 Å². The number of carbonyl (C=O) groups is 1. The highest BCUT2D eigenvalue weighted by atomic mass is 32.1. The minimum absolute atomic E-state index is 0.371. The molecular formula is C18H18N2O2S. The zero-order valence-electron chi connectivity index (χ0n) is 13.4. The molecule has 1 aliphatic rings. The van der Waals surface area contributed by atoms with Gasteiger partial charge >= 0.3 is 5.97 Å². The van der Waals surface area contributed by atoms with Crippen molar-refractivity contribution in [3.05, 3.63) is 45.6 Å². The van der Waals surface area contributed by atoms with Gasteiger partial charge in [-0.05, 0) is 50.8 Å². The Balaban J connectivity index is 1.95. The monoisotopic (exact) mass is 326 g/mol. The summed E-state index contributed by atoms with van der Waals surface area (Å²) in [6, 6.07) is 6.36. The van der Waals surface area contributed by atoms with E-state index in [9.17, 15) is 9.90 Å². The normalized spacial score (nSPS) is 14.6. The first kappa shape index (κ1) is 14.5. The van der Waals surface area contributed by atoms with E-state index in [1.165, 1.54) is 22.5 Å². The Hall–Kier alpha value is -2.14. The Labute approximate surface area is 138 Å². The van der Waals surface area contributed by atoms with Crippen LogP contribution in [0.3, 0.4) is 0 Å². The Morgan fingerprint density at radius 3 is 2.61 bits per heavy atom. The molecule has 5 heteroatoms. The van der Waals surface area contributed by atoms with Crippen molar-refractivity contribution in [1.29, 1.82) is 0 Å². The molecular weight excluding hydrogens is 308 g/mol. The molecule has 0 atom stereocenters. The van der Waals surface area contributed by atoms with Gasteiger partial charge in [-0.25, -0.2) is 9.78 Å². The topological polar surface area (TPSA) is 54.6 Å². The van der Waals surface area contributed by atoms with E-state index in [0.29, 0.717) is 10.8 Å². The van der Waals surface area contributed by atoms with Crippen LogP contribution in [-0.4, -0.2) is 20.5 Å². The van der Waals surface area contributed by atoms with Crippen molar-refractivity contribution >= 4 is 22.3 Å². The molecule has 0 radical (unpaired) electrons. The maximum atomic E-state index is 11.5. The van der Waals surface area contributed by atoms with E-state index in [2.05, 4.69) is 36.4 Å². The molecule has 4 nitrogen and oxygen atoms in total. The van der Waals surface area contributed by atoms with Crippen LogP contribution in [0.4, 0.5) is 0 Å². The molecule has 0 amide bonds. The van der Waals surface area contributed by atoms with Crippen LogP contribution in [0.5, 0.6) is 0 Å². The minimum atomic E-state index is -0.838. The largest absolute Gasteiger partial charge is 0.477 e. The van der Waals surface area contributed by atoms with E-state index < -0.39 is 5.97 Å². The molecule has 2 aromatic heterocycles. The van der Waals surface area contributed by atoms with Gasteiger partial charge in [-0.1, -0.05) is 23.5 Å². The summed E-state index contributed by atoms with van der Waals surface area (Å²) in [6.45, 7) is 6.24. The van der Waals surface area contributed by atoms with Gasteiger partial charge in [0.2, 0.25) is 0 Å². The van der Waals surface area contributed by atoms with Crippen LogP contribution in [0.15, 0.2) is 18.2 Å². The van der Waals surface area contributed by atoms with E-state index >= 15 is 0 Å². The fourth-order valence-corrected chi connectivity index (χ4v) is 4.21. The van der Waals surface area contributed by atoms with Crippen molar-refractivity contribution in [2.24, 2.45) is 0 Å². The van der Waals surface area contributed by atoms with Crippen LogP contribution >= 0.6 is 11.3 Å². The number of carboxylic acids is 1. The maximum Gasteiger partial charge on any atom is 0.347 e. The van der Waals surface area contributed by atoms with Crippen LogP contribution in [0.1, 0.15) is 50.9 Å². The fourth-order valence-electron chi connectivity index (χ4n) is 3.11. The summed E-state index contributed by atoms with van der Waals surface area (Å²) in [5.41, 5.74) is 6.54. The second-order valence-corrected chi connectivity index (χ2v) is 7.34. The molecule has 0 unspecified atom stereocenters. The van der Waals surface area contributed by atoms with Crippen molar-refractivity contribution in [2.75, 3.05) is 0 Å². The number of hydrogen-bond acceptors (Lipinski definition) is 3. The third-order valence-electron chi connectivity index (χ3n) is 4.68. The van der Waals surface area contributed by atoms with Gasteiger partial charge in [-0.3, -0.25) is 4.40 Å². The highest BCUT2D eigenvalue weighted by molar-refractivity contribution is 7.19. The van der Waals surface area contributed by atoms with E-state index in [1.54, 1.807) is 0 Å². The molecule has 0 aliphatic heterocycles. The standard InChI is InChI=1S/C18H18N2O2S/c1-9-4-5-13(8-10(9)2)14-11(3)20-15(12-6-7-12)16(17(21)22)23-18(20)19-14/h4-5,8,12H,6-7H2,1-3H3,(H,21,22). The first-order chi connectivity index (χ1) is 11.0. The lowest BCUT2D eigenvalue weighted by Crippen LogP contribution is -2.01. The van der Waals surface area contributed by atoms with Crippen molar-refractivity contribution in [2.45, 2.75) is 39.5 Å². The van der Waals surface area contributed by atoms with Crippen molar-refractivity contribution in [3.63, 3.8) is 0 Å². The van der Waals surface area contributed by atoms with Crippen molar-refractivity contribution in [1.82, 2.24) is 9.38 Å². The molecule has 1 aliphatic carbocycles. The van der Waals surface area contributed by atoms with Crippen molar-refractivity contribution in [3.8, 4) is 11.3 Å². The molecule has 118 valence electrons. The van der Waals surface area contributed by atoms with Crippen molar-refractivity contribution < 1.29 is 9.90 Å². The number of hydrogen-bond donors (Lipinski definition) is 1. The quantitative estimate of drug-likeness (QED) is 0.767. The molecule has 1 saturated carbocycles. The van der Waals surface area contributed by atoms with Crippen LogP contribution < -0.4 is 0 Å². The summed E-state index contributed by atoms with van der Waals surface area (Å²) in [7, 11) is 0. The summed E-state index contributed by atoms with van der Waals surface area (Å²) >= 11 is 1.29. The predicted molar refractivity (Wildman–Crippen MR) is 91.7 cm³/mol. The highest BCUT2D eigenvalue weighted by Crippen LogP contribution is 2.45.